The van der Waals surface area contributed by atoms with Crippen molar-refractivity contribution in [2.75, 3.05) is 26.2 Å². The second-order valence-corrected chi connectivity index (χ2v) is 5.76. The quantitative estimate of drug-likeness (QED) is 0.843. The van der Waals surface area contributed by atoms with Crippen molar-refractivity contribution in [3.8, 4) is 0 Å². The van der Waals surface area contributed by atoms with Gasteiger partial charge in [-0.15, -0.1) is 0 Å². The summed E-state index contributed by atoms with van der Waals surface area (Å²) in [7, 11) is 0. The number of halogens is 3. The van der Waals surface area contributed by atoms with E-state index in [9.17, 15) is 13.2 Å². The molecule has 106 valence electrons. The number of hydrogen-bond donors (Lipinski definition) is 1. The molecule has 1 aliphatic carbocycles. The lowest BCUT2D eigenvalue weighted by Gasteiger charge is -2.46. The van der Waals surface area contributed by atoms with Crippen LogP contribution in [0.1, 0.15) is 44.9 Å². The number of nitrogens with one attached hydrogen (secondary N) is 1. The highest BCUT2D eigenvalue weighted by atomic mass is 19.4. The molecule has 2 rings (SSSR count). The highest BCUT2D eigenvalue weighted by molar-refractivity contribution is 4.96. The minimum absolute atomic E-state index is 0.203. The van der Waals surface area contributed by atoms with Crippen LogP contribution in [0.3, 0.4) is 0 Å². The molecule has 0 bridgehead atoms. The maximum Gasteiger partial charge on any atom is 0.389 e. The predicted molar refractivity (Wildman–Crippen MR) is 65.5 cm³/mol. The van der Waals surface area contributed by atoms with Crippen LogP contribution in [0.4, 0.5) is 13.2 Å². The van der Waals surface area contributed by atoms with Crippen molar-refractivity contribution in [3.63, 3.8) is 0 Å². The number of piperazine rings is 1. The summed E-state index contributed by atoms with van der Waals surface area (Å²) in [5, 5.41) is 3.61. The summed E-state index contributed by atoms with van der Waals surface area (Å²) in [4.78, 5) is 2.22. The molecule has 0 amide bonds. The van der Waals surface area contributed by atoms with Crippen LogP contribution in [0.15, 0.2) is 0 Å². The van der Waals surface area contributed by atoms with Crippen LogP contribution in [-0.2, 0) is 0 Å². The molecule has 1 spiro atoms. The topological polar surface area (TPSA) is 15.3 Å². The highest BCUT2D eigenvalue weighted by Gasteiger charge is 2.36. The number of nitrogens with zero attached hydrogens (tertiary/aromatic N) is 1. The van der Waals surface area contributed by atoms with Crippen LogP contribution in [0.25, 0.3) is 0 Å². The smallest absolute Gasteiger partial charge is 0.309 e. The van der Waals surface area contributed by atoms with E-state index >= 15 is 0 Å². The van der Waals surface area contributed by atoms with Crippen molar-refractivity contribution in [3.05, 3.63) is 0 Å². The minimum atomic E-state index is -4.00. The molecule has 0 aromatic heterocycles. The SMILES string of the molecule is FC(F)(F)CCCN1CCNC2(CCCCC2)C1. The fraction of sp³-hybridized carbons (Fsp3) is 1.00. The molecule has 1 saturated heterocycles. The highest BCUT2D eigenvalue weighted by Crippen LogP contribution is 2.31. The minimum Gasteiger partial charge on any atom is -0.309 e. The first-order chi connectivity index (χ1) is 8.49. The van der Waals surface area contributed by atoms with E-state index in [1.54, 1.807) is 0 Å². The van der Waals surface area contributed by atoms with Gasteiger partial charge in [0.25, 0.3) is 0 Å². The lowest BCUT2D eigenvalue weighted by Crippen LogP contribution is -2.61. The van der Waals surface area contributed by atoms with Gasteiger partial charge in [0.05, 0.1) is 0 Å². The van der Waals surface area contributed by atoms with E-state index in [1.807, 2.05) is 0 Å². The lowest BCUT2D eigenvalue weighted by molar-refractivity contribution is -0.136. The maximum atomic E-state index is 12.1. The fourth-order valence-corrected chi connectivity index (χ4v) is 3.30. The molecule has 2 nitrogen and oxygen atoms in total. The summed E-state index contributed by atoms with van der Waals surface area (Å²) in [6, 6.07) is 0. The normalized spacial score (nSPS) is 25.5. The Bertz CT molecular complexity index is 254. The van der Waals surface area contributed by atoms with E-state index in [1.165, 1.54) is 32.1 Å². The van der Waals surface area contributed by atoms with Gasteiger partial charge < -0.3 is 10.2 Å². The Balaban J connectivity index is 1.76. The van der Waals surface area contributed by atoms with E-state index in [2.05, 4.69) is 10.2 Å². The molecule has 1 heterocycles. The van der Waals surface area contributed by atoms with Gasteiger partial charge >= 0.3 is 6.18 Å². The largest absolute Gasteiger partial charge is 0.389 e. The molecule has 2 aliphatic rings. The summed E-state index contributed by atoms with van der Waals surface area (Å²) >= 11 is 0. The molecular formula is C13H23F3N2. The van der Waals surface area contributed by atoms with Crippen LogP contribution in [0.2, 0.25) is 0 Å². The molecule has 0 unspecified atom stereocenters. The Labute approximate surface area is 107 Å². The van der Waals surface area contributed by atoms with Crippen LogP contribution >= 0.6 is 0 Å². The van der Waals surface area contributed by atoms with Crippen molar-refractivity contribution >= 4 is 0 Å². The summed E-state index contributed by atoms with van der Waals surface area (Å²) in [6.45, 7) is 3.33. The molecular weight excluding hydrogens is 241 g/mol. The van der Waals surface area contributed by atoms with Gasteiger partial charge in [0.15, 0.2) is 0 Å². The van der Waals surface area contributed by atoms with Crippen molar-refractivity contribution < 1.29 is 13.2 Å². The first-order valence-electron chi connectivity index (χ1n) is 7.03. The van der Waals surface area contributed by atoms with Gasteiger partial charge in [-0.2, -0.15) is 13.2 Å². The van der Waals surface area contributed by atoms with Gasteiger partial charge in [-0.25, -0.2) is 0 Å². The molecule has 5 heteroatoms. The van der Waals surface area contributed by atoms with Gasteiger partial charge in [-0.05, 0) is 25.8 Å². The summed E-state index contributed by atoms with van der Waals surface area (Å²) < 4.78 is 36.4. The third kappa shape index (κ3) is 4.12. The number of alkyl halides is 3. The van der Waals surface area contributed by atoms with Gasteiger partial charge in [0, 0.05) is 31.6 Å². The fourth-order valence-electron chi connectivity index (χ4n) is 3.30. The first kappa shape index (κ1) is 14.1. The first-order valence-corrected chi connectivity index (χ1v) is 7.03. The molecule has 0 aromatic rings. The summed E-state index contributed by atoms with van der Waals surface area (Å²) in [5.74, 6) is 0. The standard InChI is InChI=1S/C13H23F3N2/c14-13(15,16)7-4-9-18-10-8-17-12(11-18)5-2-1-3-6-12/h17H,1-11H2. The average molecular weight is 264 g/mol. The Hall–Kier alpha value is -0.290. The average Bonchev–Trinajstić information content (AvgIpc) is 2.28. The Morgan fingerprint density at radius 1 is 1.11 bits per heavy atom. The molecule has 18 heavy (non-hydrogen) atoms. The third-order valence-electron chi connectivity index (χ3n) is 4.20. The molecule has 0 atom stereocenters. The molecule has 0 aromatic carbocycles. The van der Waals surface area contributed by atoms with Gasteiger partial charge in [-0.1, -0.05) is 19.3 Å². The zero-order chi connectivity index (χ0) is 13.1. The van der Waals surface area contributed by atoms with E-state index < -0.39 is 12.6 Å². The van der Waals surface area contributed by atoms with Gasteiger partial charge in [0.2, 0.25) is 0 Å². The van der Waals surface area contributed by atoms with E-state index in [0.717, 1.165) is 19.6 Å². The number of hydrogen-bond acceptors (Lipinski definition) is 2. The van der Waals surface area contributed by atoms with Gasteiger partial charge in [0.1, 0.15) is 0 Å². The van der Waals surface area contributed by atoms with Crippen LogP contribution in [0, 0.1) is 0 Å². The van der Waals surface area contributed by atoms with Crippen molar-refractivity contribution in [2.24, 2.45) is 0 Å². The Kier molecular flexibility index (Phi) is 4.54. The second kappa shape index (κ2) is 5.78. The van der Waals surface area contributed by atoms with Crippen molar-refractivity contribution in [1.29, 1.82) is 0 Å². The van der Waals surface area contributed by atoms with Crippen molar-refractivity contribution in [2.45, 2.75) is 56.7 Å². The summed E-state index contributed by atoms with van der Waals surface area (Å²) in [6.07, 6.45) is 1.76. The van der Waals surface area contributed by atoms with E-state index in [4.69, 9.17) is 0 Å². The van der Waals surface area contributed by atoms with Gasteiger partial charge in [-0.3, -0.25) is 0 Å². The zero-order valence-corrected chi connectivity index (χ0v) is 10.9. The zero-order valence-electron chi connectivity index (χ0n) is 10.9. The van der Waals surface area contributed by atoms with Crippen LogP contribution < -0.4 is 5.32 Å². The lowest BCUT2D eigenvalue weighted by atomic mass is 9.80. The molecule has 1 saturated carbocycles. The molecule has 2 fully saturated rings. The monoisotopic (exact) mass is 264 g/mol. The number of rotatable bonds is 3. The summed E-state index contributed by atoms with van der Waals surface area (Å²) in [5.41, 5.74) is 0.203. The Morgan fingerprint density at radius 3 is 2.50 bits per heavy atom. The molecule has 1 aliphatic heterocycles. The van der Waals surface area contributed by atoms with E-state index in [0.29, 0.717) is 6.54 Å². The second-order valence-electron chi connectivity index (χ2n) is 5.76. The van der Waals surface area contributed by atoms with E-state index in [-0.39, 0.29) is 12.0 Å². The Morgan fingerprint density at radius 2 is 1.83 bits per heavy atom. The maximum absolute atomic E-state index is 12.1. The third-order valence-corrected chi connectivity index (χ3v) is 4.20. The van der Waals surface area contributed by atoms with Crippen molar-refractivity contribution in [1.82, 2.24) is 10.2 Å². The molecule has 1 N–H and O–H groups in total. The predicted octanol–water partition coefficient (Wildman–Crippen LogP) is 2.94. The van der Waals surface area contributed by atoms with Crippen LogP contribution in [-0.4, -0.2) is 42.8 Å². The molecule has 0 radical (unpaired) electrons. The van der Waals surface area contributed by atoms with Crippen LogP contribution in [0.5, 0.6) is 0 Å².